The first-order valence-electron chi connectivity index (χ1n) is 10.7. The third-order valence-corrected chi connectivity index (χ3v) is 6.65. The molecule has 0 spiro atoms. The molecule has 1 aromatic heterocycles. The average Bonchev–Trinajstić information content (AvgIpc) is 3.34. The van der Waals surface area contributed by atoms with E-state index in [1.165, 1.54) is 11.3 Å². The standard InChI is InChI=1S/C23H26N4O4S/c1-2-13-31-23(29)27-9-7-17(8-10-27)22-25-19(16-32-22)21(28)24-18-5-3-4-6-20(18)26-11-14-30-15-12-26/h1,3-6,16-17H,7-15H2,(H,24,28). The molecular formula is C23H26N4O4S. The summed E-state index contributed by atoms with van der Waals surface area (Å²) < 4.78 is 10.4. The molecule has 1 N–H and O–H groups in total. The Morgan fingerprint density at radius 2 is 1.97 bits per heavy atom. The summed E-state index contributed by atoms with van der Waals surface area (Å²) in [6.07, 6.45) is 6.31. The van der Waals surface area contributed by atoms with Gasteiger partial charge < -0.3 is 24.6 Å². The Balaban J connectivity index is 1.36. The van der Waals surface area contributed by atoms with E-state index in [0.717, 1.165) is 42.3 Å². The SMILES string of the molecule is C#CCOC(=O)N1CCC(c2nc(C(=O)Nc3ccccc3N3CCOCC3)cs2)CC1. The van der Waals surface area contributed by atoms with Gasteiger partial charge in [0.15, 0.2) is 6.61 Å². The van der Waals surface area contributed by atoms with E-state index in [1.807, 2.05) is 24.3 Å². The third-order valence-electron chi connectivity index (χ3n) is 5.64. The minimum atomic E-state index is -0.375. The number of carbonyl (C=O) groups excluding carboxylic acids is 2. The average molecular weight is 455 g/mol. The number of amides is 2. The Bertz CT molecular complexity index is 988. The van der Waals surface area contributed by atoms with E-state index in [-0.39, 0.29) is 24.5 Å². The second-order valence-corrected chi connectivity index (χ2v) is 8.55. The lowest BCUT2D eigenvalue weighted by Gasteiger charge is -2.30. The maximum absolute atomic E-state index is 12.9. The van der Waals surface area contributed by atoms with Gasteiger partial charge in [-0.05, 0) is 25.0 Å². The van der Waals surface area contributed by atoms with Crippen molar-refractivity contribution in [3.63, 3.8) is 0 Å². The smallest absolute Gasteiger partial charge is 0.410 e. The summed E-state index contributed by atoms with van der Waals surface area (Å²) in [5.74, 6) is 2.30. The van der Waals surface area contributed by atoms with Crippen molar-refractivity contribution >= 4 is 34.7 Å². The number of ether oxygens (including phenoxy) is 2. The van der Waals surface area contributed by atoms with Crippen LogP contribution in [-0.2, 0) is 9.47 Å². The van der Waals surface area contributed by atoms with Gasteiger partial charge in [-0.2, -0.15) is 0 Å². The Kier molecular flexibility index (Phi) is 7.24. The van der Waals surface area contributed by atoms with Crippen molar-refractivity contribution in [1.29, 1.82) is 0 Å². The number of nitrogens with zero attached hydrogens (tertiary/aromatic N) is 3. The van der Waals surface area contributed by atoms with Crippen molar-refractivity contribution in [1.82, 2.24) is 9.88 Å². The fourth-order valence-electron chi connectivity index (χ4n) is 3.93. The lowest BCUT2D eigenvalue weighted by molar-refractivity contribution is 0.102. The number of likely N-dealkylation sites (tertiary alicyclic amines) is 1. The Labute approximate surface area is 191 Å². The molecule has 0 saturated carbocycles. The zero-order chi connectivity index (χ0) is 22.3. The molecule has 0 unspecified atom stereocenters. The van der Waals surface area contributed by atoms with Gasteiger partial charge >= 0.3 is 6.09 Å². The number of thiazole rings is 1. The van der Waals surface area contributed by atoms with Crippen LogP contribution in [0.4, 0.5) is 16.2 Å². The van der Waals surface area contributed by atoms with Gasteiger partial charge in [-0.25, -0.2) is 9.78 Å². The normalized spacial score (nSPS) is 17.0. The van der Waals surface area contributed by atoms with Crippen molar-refractivity contribution in [2.45, 2.75) is 18.8 Å². The molecule has 9 heteroatoms. The number of hydrogen-bond acceptors (Lipinski definition) is 7. The van der Waals surface area contributed by atoms with Crippen LogP contribution in [0.15, 0.2) is 29.6 Å². The molecule has 0 radical (unpaired) electrons. The van der Waals surface area contributed by atoms with Gasteiger partial charge in [0.05, 0.1) is 29.6 Å². The predicted molar refractivity (Wildman–Crippen MR) is 123 cm³/mol. The minimum absolute atomic E-state index is 0.0155. The van der Waals surface area contributed by atoms with Crippen molar-refractivity contribution in [2.75, 3.05) is 56.2 Å². The summed E-state index contributed by atoms with van der Waals surface area (Å²) in [7, 11) is 0. The minimum Gasteiger partial charge on any atom is -0.436 e. The van der Waals surface area contributed by atoms with Crippen LogP contribution in [0.25, 0.3) is 0 Å². The highest BCUT2D eigenvalue weighted by Gasteiger charge is 2.27. The largest absolute Gasteiger partial charge is 0.436 e. The molecule has 32 heavy (non-hydrogen) atoms. The van der Waals surface area contributed by atoms with Crippen molar-refractivity contribution < 1.29 is 19.1 Å². The quantitative estimate of drug-likeness (QED) is 0.699. The van der Waals surface area contributed by atoms with Crippen LogP contribution in [0.3, 0.4) is 0 Å². The molecule has 0 atom stereocenters. The summed E-state index contributed by atoms with van der Waals surface area (Å²) in [6.45, 7) is 4.10. The van der Waals surface area contributed by atoms with E-state index >= 15 is 0 Å². The predicted octanol–water partition coefficient (Wildman–Crippen LogP) is 3.18. The number of aromatic nitrogens is 1. The monoisotopic (exact) mass is 454 g/mol. The van der Waals surface area contributed by atoms with Crippen LogP contribution < -0.4 is 10.2 Å². The highest BCUT2D eigenvalue weighted by molar-refractivity contribution is 7.10. The first-order valence-corrected chi connectivity index (χ1v) is 11.6. The molecule has 0 aliphatic carbocycles. The van der Waals surface area contributed by atoms with E-state index < -0.39 is 0 Å². The van der Waals surface area contributed by atoms with Crippen LogP contribution in [0.2, 0.25) is 0 Å². The van der Waals surface area contributed by atoms with E-state index in [9.17, 15) is 9.59 Å². The topological polar surface area (TPSA) is 84.0 Å². The van der Waals surface area contributed by atoms with Crippen LogP contribution in [0.1, 0.15) is 34.3 Å². The summed E-state index contributed by atoms with van der Waals surface area (Å²) in [6, 6.07) is 7.80. The van der Waals surface area contributed by atoms with Gasteiger partial charge in [0.1, 0.15) is 5.69 Å². The molecule has 2 fully saturated rings. The van der Waals surface area contributed by atoms with Gasteiger partial charge in [0.2, 0.25) is 0 Å². The lowest BCUT2D eigenvalue weighted by atomic mass is 9.98. The van der Waals surface area contributed by atoms with Crippen molar-refractivity contribution in [2.24, 2.45) is 0 Å². The highest BCUT2D eigenvalue weighted by atomic mass is 32.1. The maximum Gasteiger partial charge on any atom is 0.410 e. The van der Waals surface area contributed by atoms with Gasteiger partial charge in [0.25, 0.3) is 5.91 Å². The van der Waals surface area contributed by atoms with E-state index in [2.05, 4.69) is 21.1 Å². The molecule has 2 amide bonds. The fourth-order valence-corrected chi connectivity index (χ4v) is 4.90. The summed E-state index contributed by atoms with van der Waals surface area (Å²) in [5.41, 5.74) is 2.18. The van der Waals surface area contributed by atoms with Gasteiger partial charge in [-0.15, -0.1) is 17.8 Å². The molecule has 2 aliphatic rings. The summed E-state index contributed by atoms with van der Waals surface area (Å²) >= 11 is 1.49. The zero-order valence-corrected chi connectivity index (χ0v) is 18.6. The highest BCUT2D eigenvalue weighted by Crippen LogP contribution is 2.31. The summed E-state index contributed by atoms with van der Waals surface area (Å²) in [5, 5.41) is 5.74. The number of rotatable bonds is 5. The van der Waals surface area contributed by atoms with E-state index in [4.69, 9.17) is 15.9 Å². The van der Waals surface area contributed by atoms with Gasteiger partial charge in [0, 0.05) is 37.5 Å². The van der Waals surface area contributed by atoms with E-state index in [0.29, 0.717) is 32.0 Å². The number of hydrogen-bond donors (Lipinski definition) is 1. The van der Waals surface area contributed by atoms with Crippen LogP contribution in [-0.4, -0.2) is 67.9 Å². The molecule has 168 valence electrons. The number of benzene rings is 1. The van der Waals surface area contributed by atoms with Crippen LogP contribution >= 0.6 is 11.3 Å². The van der Waals surface area contributed by atoms with Gasteiger partial charge in [-0.3, -0.25) is 4.79 Å². The fraction of sp³-hybridized carbons (Fsp3) is 0.435. The number of morpholine rings is 1. The number of nitrogens with one attached hydrogen (secondary N) is 1. The van der Waals surface area contributed by atoms with Crippen LogP contribution in [0.5, 0.6) is 0 Å². The number of carbonyl (C=O) groups is 2. The van der Waals surface area contributed by atoms with Crippen molar-refractivity contribution in [3.05, 3.63) is 40.3 Å². The molecule has 8 nitrogen and oxygen atoms in total. The van der Waals surface area contributed by atoms with Gasteiger partial charge in [-0.1, -0.05) is 18.1 Å². The molecule has 0 bridgehead atoms. The second-order valence-electron chi connectivity index (χ2n) is 7.66. The zero-order valence-electron chi connectivity index (χ0n) is 17.8. The lowest BCUT2D eigenvalue weighted by Crippen LogP contribution is -2.38. The molecule has 2 aromatic rings. The molecule has 1 aromatic carbocycles. The number of para-hydroxylation sites is 2. The molecule has 2 aliphatic heterocycles. The molecule has 4 rings (SSSR count). The number of anilines is 2. The van der Waals surface area contributed by atoms with Crippen LogP contribution in [0, 0.1) is 12.3 Å². The molecule has 2 saturated heterocycles. The Hall–Kier alpha value is -3.09. The summed E-state index contributed by atoms with van der Waals surface area (Å²) in [4.78, 5) is 33.3. The number of piperidine rings is 1. The molecular weight excluding hydrogens is 428 g/mol. The maximum atomic E-state index is 12.9. The second kappa shape index (κ2) is 10.5. The Morgan fingerprint density at radius 1 is 1.22 bits per heavy atom. The van der Waals surface area contributed by atoms with E-state index in [1.54, 1.807) is 10.3 Å². The third kappa shape index (κ3) is 5.21. The first kappa shape index (κ1) is 22.1. The van der Waals surface area contributed by atoms with Crippen molar-refractivity contribution in [3.8, 4) is 12.3 Å². The number of terminal acetylenes is 1. The Morgan fingerprint density at radius 3 is 2.72 bits per heavy atom. The molecule has 3 heterocycles. The first-order chi connectivity index (χ1) is 15.7.